The number of allylic oxidation sites excluding steroid dienone is 6. The van der Waals surface area contributed by atoms with Crippen LogP contribution in [0.5, 0.6) is 0 Å². The van der Waals surface area contributed by atoms with Gasteiger partial charge >= 0.3 is 0 Å². The zero-order valence-electron chi connectivity index (χ0n) is 25.7. The third kappa shape index (κ3) is 4.42. The maximum atomic E-state index is 4.16. The van der Waals surface area contributed by atoms with Crippen LogP contribution in [0.1, 0.15) is 12.8 Å². The summed E-state index contributed by atoms with van der Waals surface area (Å²) in [5, 5.41) is 10.1. The first-order chi connectivity index (χ1) is 22.8. The summed E-state index contributed by atoms with van der Waals surface area (Å²) in [6, 6.07) is 43.9. The van der Waals surface area contributed by atoms with Gasteiger partial charge in [-0.1, -0.05) is 116 Å². The molecule has 0 saturated carbocycles. The largest absolute Gasteiger partial charge is 0.310 e. The Kier molecular flexibility index (Phi) is 6.96. The Morgan fingerprint density at radius 1 is 0.543 bits per heavy atom. The highest BCUT2D eigenvalue weighted by molar-refractivity contribution is 6.35. The van der Waals surface area contributed by atoms with Crippen molar-refractivity contribution in [3.8, 4) is 0 Å². The van der Waals surface area contributed by atoms with E-state index in [4.69, 9.17) is 0 Å². The molecule has 0 unspecified atom stereocenters. The number of hydrogen-bond donors (Lipinski definition) is 0. The molecule has 7 aromatic rings. The van der Waals surface area contributed by atoms with E-state index in [1.165, 1.54) is 54.5 Å². The first-order valence-corrected chi connectivity index (χ1v) is 15.9. The quantitative estimate of drug-likeness (QED) is 0.0987. The first kappa shape index (κ1) is 27.7. The van der Waals surface area contributed by atoms with E-state index in [-0.39, 0.29) is 0 Å². The fourth-order valence-electron chi connectivity index (χ4n) is 7.20. The van der Waals surface area contributed by atoms with Crippen molar-refractivity contribution in [1.82, 2.24) is 0 Å². The van der Waals surface area contributed by atoms with Crippen LogP contribution in [0, 0.1) is 0 Å². The molecule has 0 heterocycles. The molecule has 2 heteroatoms. The molecule has 0 fully saturated rings. The van der Waals surface area contributed by atoms with Gasteiger partial charge in [0, 0.05) is 33.5 Å². The van der Waals surface area contributed by atoms with Gasteiger partial charge in [-0.15, -0.1) is 0 Å². The van der Waals surface area contributed by atoms with Gasteiger partial charge in [-0.2, -0.15) is 0 Å². The fourth-order valence-corrected chi connectivity index (χ4v) is 7.20. The van der Waals surface area contributed by atoms with Gasteiger partial charge in [0.05, 0.1) is 11.4 Å². The number of nitrogens with zero attached hydrogens (tertiary/aromatic N) is 2. The second-order valence-corrected chi connectivity index (χ2v) is 11.7. The fraction of sp³-hybridized carbons (Fsp3) is 0.0455. The van der Waals surface area contributed by atoms with Crippen molar-refractivity contribution in [3.63, 3.8) is 0 Å². The molecule has 8 rings (SSSR count). The minimum Gasteiger partial charge on any atom is -0.310 e. The third-order valence-corrected chi connectivity index (χ3v) is 9.12. The summed E-state index contributed by atoms with van der Waals surface area (Å²) >= 11 is 0. The summed E-state index contributed by atoms with van der Waals surface area (Å²) in [5.41, 5.74) is 6.72. The lowest BCUT2D eigenvalue weighted by atomic mass is 9.88. The van der Waals surface area contributed by atoms with Crippen LogP contribution < -0.4 is 9.80 Å². The summed E-state index contributed by atoms with van der Waals surface area (Å²) in [6.45, 7) is 8.14. The second kappa shape index (κ2) is 11.6. The van der Waals surface area contributed by atoms with Gasteiger partial charge in [-0.25, -0.2) is 0 Å². The molecular weight excluding hydrogens is 556 g/mol. The predicted octanol–water partition coefficient (Wildman–Crippen LogP) is 12.5. The van der Waals surface area contributed by atoms with Crippen LogP contribution in [0.25, 0.3) is 43.1 Å². The summed E-state index contributed by atoms with van der Waals surface area (Å²) in [5.74, 6) is 0. The van der Waals surface area contributed by atoms with Gasteiger partial charge in [0.25, 0.3) is 0 Å². The van der Waals surface area contributed by atoms with Gasteiger partial charge in [-0.3, -0.25) is 0 Å². The lowest BCUT2D eigenvalue weighted by molar-refractivity contribution is 0.998. The number of anilines is 4. The molecular formula is C44H34N2. The van der Waals surface area contributed by atoms with E-state index in [2.05, 4.69) is 163 Å². The Morgan fingerprint density at radius 3 is 1.70 bits per heavy atom. The summed E-state index contributed by atoms with van der Waals surface area (Å²) in [4.78, 5) is 4.69. The maximum absolute atomic E-state index is 4.16. The number of benzene rings is 7. The molecule has 1 aliphatic carbocycles. The van der Waals surface area contributed by atoms with Crippen molar-refractivity contribution < 1.29 is 0 Å². The SMILES string of the molecule is C=CC=C(C=C)N(c1ccccc1)c1ccc2c3ccc(N(C4=CCCC=C4)c4ccccc4)c4cccc(c5cccc1c52)c43. The van der Waals surface area contributed by atoms with Gasteiger partial charge < -0.3 is 9.80 Å². The van der Waals surface area contributed by atoms with E-state index < -0.39 is 0 Å². The molecule has 0 aliphatic heterocycles. The third-order valence-electron chi connectivity index (χ3n) is 9.12. The number of hydrogen-bond acceptors (Lipinski definition) is 2. The molecule has 2 nitrogen and oxygen atoms in total. The van der Waals surface area contributed by atoms with Crippen LogP contribution >= 0.6 is 0 Å². The highest BCUT2D eigenvalue weighted by Gasteiger charge is 2.22. The smallest absolute Gasteiger partial charge is 0.0540 e. The van der Waals surface area contributed by atoms with Crippen LogP contribution in [-0.2, 0) is 0 Å². The van der Waals surface area contributed by atoms with E-state index in [0.717, 1.165) is 35.6 Å². The molecule has 0 amide bonds. The van der Waals surface area contributed by atoms with Crippen molar-refractivity contribution in [3.05, 3.63) is 182 Å². The Labute approximate surface area is 270 Å². The Balaban J connectivity index is 1.42. The number of rotatable bonds is 8. The van der Waals surface area contributed by atoms with E-state index in [9.17, 15) is 0 Å². The van der Waals surface area contributed by atoms with Gasteiger partial charge in [0.1, 0.15) is 0 Å². The van der Waals surface area contributed by atoms with Crippen molar-refractivity contribution in [2.45, 2.75) is 12.8 Å². The van der Waals surface area contributed by atoms with Crippen molar-refractivity contribution in [2.75, 3.05) is 9.80 Å². The highest BCUT2D eigenvalue weighted by atomic mass is 15.2. The summed E-state index contributed by atoms with van der Waals surface area (Å²) < 4.78 is 0. The standard InChI is InChI=1S/C44H34N2/c1-3-16-31(4-2)45(32-17-8-5-9-18-32)41-29-27-37-38-28-30-42(46(33-19-10-6-11-20-33)34-21-12-7-13-22-34)40-26-15-24-36(44(38)40)35-23-14-25-39(41)43(35)37/h3-6,8-12,14-30H,1-2,7,13H2. The van der Waals surface area contributed by atoms with E-state index in [1.807, 2.05) is 18.2 Å². The summed E-state index contributed by atoms with van der Waals surface area (Å²) in [6.07, 6.45) is 14.8. The van der Waals surface area contributed by atoms with Gasteiger partial charge in [-0.05, 0) is 99.8 Å². The van der Waals surface area contributed by atoms with Gasteiger partial charge in [0.15, 0.2) is 0 Å². The monoisotopic (exact) mass is 590 g/mol. The minimum absolute atomic E-state index is 0.969. The second-order valence-electron chi connectivity index (χ2n) is 11.7. The van der Waals surface area contributed by atoms with Crippen LogP contribution in [0.2, 0.25) is 0 Å². The van der Waals surface area contributed by atoms with Crippen molar-refractivity contribution in [1.29, 1.82) is 0 Å². The van der Waals surface area contributed by atoms with E-state index >= 15 is 0 Å². The molecule has 7 aromatic carbocycles. The molecule has 0 bridgehead atoms. The minimum atomic E-state index is 0.969. The van der Waals surface area contributed by atoms with Crippen LogP contribution in [0.15, 0.2) is 182 Å². The zero-order valence-corrected chi connectivity index (χ0v) is 25.7. The van der Waals surface area contributed by atoms with Crippen LogP contribution in [-0.4, -0.2) is 0 Å². The average molecular weight is 591 g/mol. The molecule has 0 atom stereocenters. The van der Waals surface area contributed by atoms with Gasteiger partial charge in [0.2, 0.25) is 0 Å². The van der Waals surface area contributed by atoms with E-state index in [1.54, 1.807) is 0 Å². The molecule has 0 radical (unpaired) electrons. The topological polar surface area (TPSA) is 6.48 Å². The normalized spacial score (nSPS) is 13.4. The molecule has 0 spiro atoms. The van der Waals surface area contributed by atoms with E-state index in [0.29, 0.717) is 0 Å². The maximum Gasteiger partial charge on any atom is 0.0540 e. The molecule has 46 heavy (non-hydrogen) atoms. The average Bonchev–Trinajstić information content (AvgIpc) is 3.12. The Bertz CT molecular complexity index is 2320. The summed E-state index contributed by atoms with van der Waals surface area (Å²) in [7, 11) is 0. The van der Waals surface area contributed by atoms with Crippen molar-refractivity contribution in [2.24, 2.45) is 0 Å². The molecule has 0 aromatic heterocycles. The molecule has 220 valence electrons. The number of para-hydroxylation sites is 2. The van der Waals surface area contributed by atoms with Crippen LogP contribution in [0.4, 0.5) is 22.7 Å². The predicted molar refractivity (Wildman–Crippen MR) is 200 cm³/mol. The molecule has 0 saturated heterocycles. The number of fused-ring (bicyclic) bond motifs is 2. The lowest BCUT2D eigenvalue weighted by Gasteiger charge is -2.30. The Morgan fingerprint density at radius 2 is 1.11 bits per heavy atom. The first-order valence-electron chi connectivity index (χ1n) is 15.9. The Hall–Kier alpha value is -5.86. The molecule has 0 N–H and O–H groups in total. The molecule has 1 aliphatic rings. The van der Waals surface area contributed by atoms with Crippen molar-refractivity contribution >= 4 is 65.8 Å². The lowest BCUT2D eigenvalue weighted by Crippen LogP contribution is -2.16. The highest BCUT2D eigenvalue weighted by Crippen LogP contribution is 2.47. The van der Waals surface area contributed by atoms with Crippen LogP contribution in [0.3, 0.4) is 0 Å². The zero-order chi connectivity index (χ0) is 31.0.